The van der Waals surface area contributed by atoms with Crippen molar-refractivity contribution in [2.75, 3.05) is 0 Å². The predicted molar refractivity (Wildman–Crippen MR) is 113 cm³/mol. The summed E-state index contributed by atoms with van der Waals surface area (Å²) in [5, 5.41) is 8.52. The monoisotopic (exact) mass is 563 g/mol. The number of benzene rings is 1. The first-order valence-corrected chi connectivity index (χ1v) is 14.0. The molecule has 0 bridgehead atoms. The molecule has 0 fully saturated rings. The molecule has 0 aliphatic rings. The zero-order valence-corrected chi connectivity index (χ0v) is 23.3. The van der Waals surface area contributed by atoms with E-state index in [2.05, 4.69) is 37.3 Å². The third kappa shape index (κ3) is 23.6. The molecule has 0 aliphatic heterocycles. The van der Waals surface area contributed by atoms with Gasteiger partial charge in [-0.1, -0.05) is 96.8 Å². The minimum absolute atomic E-state index is 0.345. The van der Waals surface area contributed by atoms with E-state index < -0.39 is 5.97 Å². The number of rotatable bonds is 16. The van der Waals surface area contributed by atoms with E-state index in [-0.39, 0.29) is 0 Å². The molecule has 0 saturated heterocycles. The summed E-state index contributed by atoms with van der Waals surface area (Å²) < 4.78 is 1.52. The van der Waals surface area contributed by atoms with Crippen molar-refractivity contribution in [3.8, 4) is 0 Å². The quantitative estimate of drug-likeness (QED) is 0.171. The molecule has 0 atom stereocenters. The Morgan fingerprint density at radius 2 is 1.07 bits per heavy atom. The topological polar surface area (TPSA) is 37.3 Å². The molecular formula is C24H41HgO2. The fourth-order valence-electron chi connectivity index (χ4n) is 3.13. The summed E-state index contributed by atoms with van der Waals surface area (Å²) in [6.07, 6.45) is 20.2. The van der Waals surface area contributed by atoms with Crippen molar-refractivity contribution in [3.63, 3.8) is 0 Å². The summed E-state index contributed by atoms with van der Waals surface area (Å²) in [5.41, 5.74) is 0. The number of unbranched alkanes of at least 4 members (excludes halogenated alkanes) is 14. The first-order valence-electron chi connectivity index (χ1n) is 11.3. The molecule has 0 aromatic heterocycles. The molecule has 0 aliphatic carbocycles. The average molecular weight is 562 g/mol. The standard InChI is InChI=1S/C18H36O2.C6H5.Hg/c1-2-3-4-5-6-7-8-9-10-11-12-13-14-15-16-17-18(19)20;1-2-4-6-5-3-1;/h2-17H2,1H3,(H,19,20);1-5H;. The van der Waals surface area contributed by atoms with E-state index in [0.29, 0.717) is 6.42 Å². The van der Waals surface area contributed by atoms with Crippen LogP contribution in [-0.4, -0.2) is 11.1 Å². The summed E-state index contributed by atoms with van der Waals surface area (Å²) in [6, 6.07) is 10.6. The van der Waals surface area contributed by atoms with Gasteiger partial charge in [-0.3, -0.25) is 4.79 Å². The second-order valence-corrected chi connectivity index (χ2v) is 10.8. The summed E-state index contributed by atoms with van der Waals surface area (Å²) in [4.78, 5) is 10.3. The normalized spacial score (nSPS) is 10.3. The van der Waals surface area contributed by atoms with Crippen LogP contribution in [0.4, 0.5) is 0 Å². The zero-order valence-electron chi connectivity index (χ0n) is 17.8. The molecule has 2 nitrogen and oxygen atoms in total. The van der Waals surface area contributed by atoms with Gasteiger partial charge in [0, 0.05) is 6.42 Å². The van der Waals surface area contributed by atoms with Gasteiger partial charge in [-0.2, -0.15) is 0 Å². The van der Waals surface area contributed by atoms with Crippen LogP contribution in [0.5, 0.6) is 0 Å². The second-order valence-electron chi connectivity index (χ2n) is 7.58. The SMILES string of the molecule is CCCCCCCCCCCCCCCCCC(=O)O.[Hg][c]1ccccc1. The fourth-order valence-corrected chi connectivity index (χ4v) is 4.18. The van der Waals surface area contributed by atoms with E-state index in [1.54, 1.807) is 0 Å². The van der Waals surface area contributed by atoms with Crippen LogP contribution in [0, 0.1) is 0 Å². The Balaban J connectivity index is 0.000000797. The number of carboxylic acids is 1. The predicted octanol–water partition coefficient (Wildman–Crippen LogP) is 7.19. The Bertz CT molecular complexity index is 420. The molecule has 0 radical (unpaired) electrons. The molecule has 0 heterocycles. The minimum atomic E-state index is -0.653. The Kier molecular flexibility index (Phi) is 21.6. The van der Waals surface area contributed by atoms with E-state index in [9.17, 15) is 4.79 Å². The van der Waals surface area contributed by atoms with Gasteiger partial charge < -0.3 is 5.11 Å². The third-order valence-corrected chi connectivity index (χ3v) is 6.67. The molecule has 0 spiro atoms. The van der Waals surface area contributed by atoms with Crippen LogP contribution in [0.1, 0.15) is 110 Å². The van der Waals surface area contributed by atoms with Crippen molar-refractivity contribution in [1.29, 1.82) is 0 Å². The van der Waals surface area contributed by atoms with E-state index >= 15 is 0 Å². The Morgan fingerprint density at radius 1 is 0.704 bits per heavy atom. The van der Waals surface area contributed by atoms with Crippen LogP contribution < -0.4 is 3.07 Å². The molecule has 0 unspecified atom stereocenters. The van der Waals surface area contributed by atoms with Gasteiger partial charge in [0.15, 0.2) is 0 Å². The number of hydrogen-bond acceptors (Lipinski definition) is 1. The maximum atomic E-state index is 10.3. The summed E-state index contributed by atoms with van der Waals surface area (Å²) in [5.74, 6) is -0.653. The first-order chi connectivity index (χ1) is 13.2. The molecule has 3 heteroatoms. The van der Waals surface area contributed by atoms with Crippen LogP contribution in [0.15, 0.2) is 30.3 Å². The van der Waals surface area contributed by atoms with E-state index in [1.807, 2.05) is 0 Å². The Morgan fingerprint density at radius 3 is 1.37 bits per heavy atom. The molecule has 0 amide bonds. The molecule has 1 aromatic rings. The molecule has 151 valence electrons. The average Bonchev–Trinajstić information content (AvgIpc) is 2.66. The molecule has 1 N–H and O–H groups in total. The van der Waals surface area contributed by atoms with Gasteiger partial charge in [0.1, 0.15) is 0 Å². The van der Waals surface area contributed by atoms with Gasteiger partial charge in [-0.15, -0.1) is 0 Å². The van der Waals surface area contributed by atoms with E-state index in [0.717, 1.165) is 39.0 Å². The van der Waals surface area contributed by atoms with Crippen molar-refractivity contribution in [3.05, 3.63) is 30.3 Å². The van der Waals surface area contributed by atoms with Crippen molar-refractivity contribution in [1.82, 2.24) is 0 Å². The Labute approximate surface area is 184 Å². The van der Waals surface area contributed by atoms with Crippen LogP contribution in [0.25, 0.3) is 0 Å². The maximum absolute atomic E-state index is 10.3. The van der Waals surface area contributed by atoms with Gasteiger partial charge in [-0.05, 0) is 6.42 Å². The van der Waals surface area contributed by atoms with Crippen molar-refractivity contribution < 1.29 is 36.0 Å². The molecule has 1 rings (SSSR count). The molecule has 0 saturated carbocycles. The number of carbonyl (C=O) groups is 1. The molecule has 1 aromatic carbocycles. The van der Waals surface area contributed by atoms with Gasteiger partial charge in [0.05, 0.1) is 0 Å². The summed E-state index contributed by atoms with van der Waals surface area (Å²) in [6.45, 7) is 2.27. The van der Waals surface area contributed by atoms with Gasteiger partial charge in [0.2, 0.25) is 0 Å². The number of hydrogen-bond donors (Lipinski definition) is 1. The van der Waals surface area contributed by atoms with Crippen molar-refractivity contribution >= 4 is 9.04 Å². The number of aliphatic carboxylic acids is 1. The summed E-state index contributed by atoms with van der Waals surface area (Å²) >= 11 is 0.810. The molecule has 27 heavy (non-hydrogen) atoms. The van der Waals surface area contributed by atoms with E-state index in [1.165, 1.54) is 86.5 Å². The second kappa shape index (κ2) is 21.9. The van der Waals surface area contributed by atoms with Crippen molar-refractivity contribution in [2.24, 2.45) is 0 Å². The van der Waals surface area contributed by atoms with Gasteiger partial charge in [0.25, 0.3) is 0 Å². The van der Waals surface area contributed by atoms with Crippen LogP contribution in [0.2, 0.25) is 0 Å². The fraction of sp³-hybridized carbons (Fsp3) is 0.708. The number of carboxylic acid groups (broad SMARTS) is 1. The van der Waals surface area contributed by atoms with E-state index in [4.69, 9.17) is 5.11 Å². The Hall–Kier alpha value is -0.375. The summed E-state index contributed by atoms with van der Waals surface area (Å²) in [7, 11) is 0. The molecular weight excluding hydrogens is 521 g/mol. The van der Waals surface area contributed by atoms with Gasteiger partial charge >= 0.3 is 65.5 Å². The third-order valence-electron chi connectivity index (χ3n) is 4.84. The van der Waals surface area contributed by atoms with Crippen molar-refractivity contribution in [2.45, 2.75) is 110 Å². The zero-order chi connectivity index (χ0) is 20.0. The van der Waals surface area contributed by atoms with Crippen LogP contribution in [0.3, 0.4) is 0 Å². The van der Waals surface area contributed by atoms with Crippen LogP contribution >= 0.6 is 0 Å². The van der Waals surface area contributed by atoms with Gasteiger partial charge in [-0.25, -0.2) is 0 Å². The van der Waals surface area contributed by atoms with Crippen LogP contribution in [-0.2, 0) is 30.9 Å². The first kappa shape index (κ1) is 26.6.